The van der Waals surface area contributed by atoms with Crippen molar-refractivity contribution in [3.05, 3.63) is 59.7 Å². The van der Waals surface area contributed by atoms with Crippen LogP contribution in [-0.4, -0.2) is 6.54 Å². The molecule has 1 unspecified atom stereocenters. The summed E-state index contributed by atoms with van der Waals surface area (Å²) < 4.78 is 0. The van der Waals surface area contributed by atoms with E-state index in [0.717, 1.165) is 13.0 Å². The molecule has 0 saturated heterocycles. The summed E-state index contributed by atoms with van der Waals surface area (Å²) in [7, 11) is 0. The highest BCUT2D eigenvalue weighted by molar-refractivity contribution is 5.70. The zero-order chi connectivity index (χ0) is 14.7. The minimum Gasteiger partial charge on any atom is -0.341 e. The van der Waals surface area contributed by atoms with Crippen LogP contribution in [0.5, 0.6) is 0 Å². The first-order valence-electron chi connectivity index (χ1n) is 8.01. The van der Waals surface area contributed by atoms with Crippen molar-refractivity contribution >= 4 is 11.4 Å². The van der Waals surface area contributed by atoms with Crippen LogP contribution in [-0.2, 0) is 6.42 Å². The fourth-order valence-electron chi connectivity index (χ4n) is 3.21. The number of hydrogen-bond acceptors (Lipinski definition) is 2. The lowest BCUT2D eigenvalue weighted by Crippen LogP contribution is -2.21. The van der Waals surface area contributed by atoms with Crippen molar-refractivity contribution in [2.75, 3.05) is 11.4 Å². The van der Waals surface area contributed by atoms with Gasteiger partial charge in [-0.25, -0.2) is 0 Å². The highest BCUT2D eigenvalue weighted by Gasteiger charge is 2.20. The van der Waals surface area contributed by atoms with Gasteiger partial charge >= 0.3 is 0 Å². The van der Waals surface area contributed by atoms with E-state index in [9.17, 15) is 0 Å². The second kappa shape index (κ2) is 6.31. The Labute approximate surface area is 127 Å². The van der Waals surface area contributed by atoms with Gasteiger partial charge in [0.15, 0.2) is 0 Å². The van der Waals surface area contributed by atoms with Gasteiger partial charge in [0, 0.05) is 24.0 Å². The van der Waals surface area contributed by atoms with E-state index in [-0.39, 0.29) is 6.04 Å². The van der Waals surface area contributed by atoms with Crippen molar-refractivity contribution in [3.8, 4) is 0 Å². The SMILES string of the molecule is CCC(N)c1ccccc1N1CCCCc2ccccc21. The van der Waals surface area contributed by atoms with Crippen LogP contribution in [0.25, 0.3) is 0 Å². The molecular weight excluding hydrogens is 256 g/mol. The quantitative estimate of drug-likeness (QED) is 0.892. The van der Waals surface area contributed by atoms with Gasteiger partial charge in [0.25, 0.3) is 0 Å². The molecule has 0 spiro atoms. The lowest BCUT2D eigenvalue weighted by molar-refractivity contribution is 0.693. The first-order valence-corrected chi connectivity index (χ1v) is 8.01. The highest BCUT2D eigenvalue weighted by Crippen LogP contribution is 2.36. The van der Waals surface area contributed by atoms with Gasteiger partial charge in [-0.2, -0.15) is 0 Å². The summed E-state index contributed by atoms with van der Waals surface area (Å²) in [5, 5.41) is 0. The Morgan fingerprint density at radius 1 is 1.00 bits per heavy atom. The highest BCUT2D eigenvalue weighted by atomic mass is 15.1. The molecule has 110 valence electrons. The average Bonchev–Trinajstić information content (AvgIpc) is 2.76. The van der Waals surface area contributed by atoms with Crippen molar-refractivity contribution in [2.24, 2.45) is 5.73 Å². The van der Waals surface area contributed by atoms with E-state index < -0.39 is 0 Å². The maximum Gasteiger partial charge on any atom is 0.0459 e. The van der Waals surface area contributed by atoms with Gasteiger partial charge in [-0.3, -0.25) is 0 Å². The standard InChI is InChI=1S/C19H24N2/c1-2-17(20)16-11-4-6-13-19(16)21-14-8-7-10-15-9-3-5-12-18(15)21/h3-6,9,11-13,17H,2,7-8,10,14,20H2,1H3. The molecule has 3 rings (SSSR count). The van der Waals surface area contributed by atoms with Gasteiger partial charge in [0.1, 0.15) is 0 Å². The fraction of sp³-hybridized carbons (Fsp3) is 0.368. The normalized spacial score (nSPS) is 16.2. The molecule has 2 aromatic rings. The number of nitrogens with zero attached hydrogens (tertiary/aromatic N) is 1. The molecule has 0 aromatic heterocycles. The van der Waals surface area contributed by atoms with E-state index in [4.69, 9.17) is 5.73 Å². The molecule has 1 heterocycles. The average molecular weight is 280 g/mol. The third-order valence-corrected chi connectivity index (χ3v) is 4.43. The van der Waals surface area contributed by atoms with Crippen molar-refractivity contribution in [1.82, 2.24) is 0 Å². The molecule has 0 fully saturated rings. The molecule has 2 nitrogen and oxygen atoms in total. The first-order chi connectivity index (χ1) is 10.3. The van der Waals surface area contributed by atoms with E-state index in [1.165, 1.54) is 41.8 Å². The van der Waals surface area contributed by atoms with Crippen molar-refractivity contribution < 1.29 is 0 Å². The van der Waals surface area contributed by atoms with Crippen molar-refractivity contribution in [3.63, 3.8) is 0 Å². The van der Waals surface area contributed by atoms with E-state index in [2.05, 4.69) is 60.4 Å². The predicted molar refractivity (Wildman–Crippen MR) is 90.0 cm³/mol. The molecule has 2 aromatic carbocycles. The Bertz CT molecular complexity index is 606. The maximum atomic E-state index is 6.33. The summed E-state index contributed by atoms with van der Waals surface area (Å²) in [6.07, 6.45) is 4.63. The molecule has 0 saturated carbocycles. The number of fused-ring (bicyclic) bond motifs is 1. The maximum absolute atomic E-state index is 6.33. The van der Waals surface area contributed by atoms with Gasteiger partial charge in [-0.1, -0.05) is 43.3 Å². The number of benzene rings is 2. The summed E-state index contributed by atoms with van der Waals surface area (Å²) in [6, 6.07) is 17.5. The third kappa shape index (κ3) is 2.81. The number of anilines is 2. The Morgan fingerprint density at radius 2 is 1.71 bits per heavy atom. The molecule has 0 radical (unpaired) electrons. The van der Waals surface area contributed by atoms with E-state index in [1.807, 2.05) is 0 Å². The summed E-state index contributed by atoms with van der Waals surface area (Å²) in [5.74, 6) is 0. The molecule has 0 bridgehead atoms. The van der Waals surface area contributed by atoms with Gasteiger partial charge in [-0.05, 0) is 48.9 Å². The fourth-order valence-corrected chi connectivity index (χ4v) is 3.21. The van der Waals surface area contributed by atoms with Gasteiger partial charge in [0.05, 0.1) is 0 Å². The summed E-state index contributed by atoms with van der Waals surface area (Å²) in [5.41, 5.74) is 11.7. The molecule has 1 aliphatic rings. The molecule has 0 amide bonds. The second-order valence-corrected chi connectivity index (χ2v) is 5.81. The van der Waals surface area contributed by atoms with Gasteiger partial charge in [0.2, 0.25) is 0 Å². The number of rotatable bonds is 3. The van der Waals surface area contributed by atoms with Crippen molar-refractivity contribution in [1.29, 1.82) is 0 Å². The summed E-state index contributed by atoms with van der Waals surface area (Å²) in [6.45, 7) is 3.22. The molecule has 1 atom stereocenters. The monoisotopic (exact) mass is 280 g/mol. The van der Waals surface area contributed by atoms with Crippen LogP contribution in [0.4, 0.5) is 11.4 Å². The third-order valence-electron chi connectivity index (χ3n) is 4.43. The molecule has 2 heteroatoms. The van der Waals surface area contributed by atoms with Gasteiger partial charge in [-0.15, -0.1) is 0 Å². The topological polar surface area (TPSA) is 29.3 Å². The Morgan fingerprint density at radius 3 is 2.52 bits per heavy atom. The second-order valence-electron chi connectivity index (χ2n) is 5.81. The Hall–Kier alpha value is -1.80. The Kier molecular flexibility index (Phi) is 4.26. The van der Waals surface area contributed by atoms with Crippen LogP contribution in [0, 0.1) is 0 Å². The van der Waals surface area contributed by atoms with Crippen LogP contribution in [0.15, 0.2) is 48.5 Å². The zero-order valence-corrected chi connectivity index (χ0v) is 12.8. The first kappa shape index (κ1) is 14.2. The number of para-hydroxylation sites is 2. The summed E-state index contributed by atoms with van der Waals surface area (Å²) in [4.78, 5) is 2.47. The van der Waals surface area contributed by atoms with Crippen molar-refractivity contribution in [2.45, 2.75) is 38.6 Å². The predicted octanol–water partition coefficient (Wildman–Crippen LogP) is 4.57. The van der Waals surface area contributed by atoms with E-state index >= 15 is 0 Å². The minimum absolute atomic E-state index is 0.108. The lowest BCUT2D eigenvalue weighted by Gasteiger charge is -2.29. The van der Waals surface area contributed by atoms with Crippen LogP contribution >= 0.6 is 0 Å². The molecule has 1 aliphatic heterocycles. The van der Waals surface area contributed by atoms with E-state index in [0.29, 0.717) is 0 Å². The zero-order valence-electron chi connectivity index (χ0n) is 12.8. The minimum atomic E-state index is 0.108. The van der Waals surface area contributed by atoms with Crippen LogP contribution < -0.4 is 10.6 Å². The molecule has 21 heavy (non-hydrogen) atoms. The number of nitrogens with two attached hydrogens (primary N) is 1. The largest absolute Gasteiger partial charge is 0.341 e. The van der Waals surface area contributed by atoms with Crippen LogP contribution in [0.1, 0.15) is 43.4 Å². The summed E-state index contributed by atoms with van der Waals surface area (Å²) >= 11 is 0. The van der Waals surface area contributed by atoms with Gasteiger partial charge < -0.3 is 10.6 Å². The smallest absolute Gasteiger partial charge is 0.0459 e. The molecular formula is C19H24N2. The number of aryl methyl sites for hydroxylation is 1. The number of hydrogen-bond donors (Lipinski definition) is 1. The van der Waals surface area contributed by atoms with Crippen LogP contribution in [0.3, 0.4) is 0 Å². The molecule has 0 aliphatic carbocycles. The lowest BCUT2D eigenvalue weighted by atomic mass is 10.0. The Balaban J connectivity index is 2.08. The molecule has 2 N–H and O–H groups in total. The van der Waals surface area contributed by atoms with Crippen LogP contribution in [0.2, 0.25) is 0 Å². The van der Waals surface area contributed by atoms with E-state index in [1.54, 1.807) is 0 Å².